The van der Waals surface area contributed by atoms with Crippen molar-refractivity contribution in [3.8, 4) is 0 Å². The number of carbonyl (C=O) groups excluding carboxylic acids is 4. The molecule has 4 amide bonds. The van der Waals surface area contributed by atoms with Crippen LogP contribution < -0.4 is 21.7 Å². The molecule has 2 fully saturated rings. The van der Waals surface area contributed by atoms with E-state index in [4.69, 9.17) is 5.73 Å². The molecule has 9 nitrogen and oxygen atoms in total. The van der Waals surface area contributed by atoms with Crippen LogP contribution >= 0.6 is 0 Å². The van der Waals surface area contributed by atoms with Crippen molar-refractivity contribution in [3.63, 3.8) is 0 Å². The van der Waals surface area contributed by atoms with Crippen LogP contribution in [0.3, 0.4) is 0 Å². The van der Waals surface area contributed by atoms with Gasteiger partial charge in [-0.25, -0.2) is 0 Å². The number of benzene rings is 2. The van der Waals surface area contributed by atoms with Gasteiger partial charge in [-0.15, -0.1) is 0 Å². The molecule has 0 radical (unpaired) electrons. The van der Waals surface area contributed by atoms with Gasteiger partial charge in [-0.2, -0.15) is 0 Å². The topological polar surface area (TPSA) is 134 Å². The Balaban J connectivity index is 1.65. The predicted molar refractivity (Wildman–Crippen MR) is 148 cm³/mol. The number of nitrogens with two attached hydrogens (primary N) is 1. The van der Waals surface area contributed by atoms with E-state index >= 15 is 0 Å². The van der Waals surface area contributed by atoms with Gasteiger partial charge < -0.3 is 26.6 Å². The van der Waals surface area contributed by atoms with E-state index in [1.165, 1.54) is 0 Å². The summed E-state index contributed by atoms with van der Waals surface area (Å²) < 4.78 is 0. The lowest BCUT2D eigenvalue weighted by atomic mass is 9.96. The van der Waals surface area contributed by atoms with Crippen molar-refractivity contribution in [3.05, 3.63) is 71.8 Å². The van der Waals surface area contributed by atoms with Crippen molar-refractivity contribution in [1.82, 2.24) is 20.9 Å². The molecule has 2 aromatic rings. The number of hydrogen-bond donors (Lipinski definition) is 4. The quantitative estimate of drug-likeness (QED) is 0.380. The highest BCUT2D eigenvalue weighted by atomic mass is 16.2. The lowest BCUT2D eigenvalue weighted by molar-refractivity contribution is -0.142. The summed E-state index contributed by atoms with van der Waals surface area (Å²) in [6.45, 7) is 1.01. The molecule has 39 heavy (non-hydrogen) atoms. The normalized spacial score (nSPS) is 24.5. The van der Waals surface area contributed by atoms with E-state index in [1.807, 2.05) is 60.7 Å². The van der Waals surface area contributed by atoms with Crippen molar-refractivity contribution in [2.75, 3.05) is 19.6 Å². The molecule has 5 N–H and O–H groups in total. The van der Waals surface area contributed by atoms with Crippen molar-refractivity contribution in [2.45, 2.75) is 63.1 Å². The Hall–Kier alpha value is -3.72. The van der Waals surface area contributed by atoms with Gasteiger partial charge in [0.2, 0.25) is 23.6 Å². The molecule has 2 heterocycles. The molecule has 0 aromatic heterocycles. The summed E-state index contributed by atoms with van der Waals surface area (Å²) in [5.41, 5.74) is 7.51. The first-order chi connectivity index (χ1) is 19.0. The van der Waals surface area contributed by atoms with Gasteiger partial charge in [-0.1, -0.05) is 60.7 Å². The largest absolute Gasteiger partial charge is 0.354 e. The van der Waals surface area contributed by atoms with Crippen molar-refractivity contribution >= 4 is 23.6 Å². The molecule has 0 saturated carbocycles. The molecule has 0 bridgehead atoms. The molecule has 9 heteroatoms. The van der Waals surface area contributed by atoms with Crippen LogP contribution in [-0.2, 0) is 32.0 Å². The Morgan fingerprint density at radius 1 is 0.769 bits per heavy atom. The minimum Gasteiger partial charge on any atom is -0.354 e. The average Bonchev–Trinajstić information content (AvgIpc) is 3.45. The number of nitrogens with one attached hydrogen (secondary N) is 3. The van der Waals surface area contributed by atoms with Crippen molar-refractivity contribution in [2.24, 2.45) is 11.7 Å². The van der Waals surface area contributed by atoms with Crippen LogP contribution in [0.4, 0.5) is 0 Å². The second kappa shape index (κ2) is 13.9. The van der Waals surface area contributed by atoms with E-state index in [1.54, 1.807) is 4.90 Å². The first kappa shape index (κ1) is 28.3. The van der Waals surface area contributed by atoms with Gasteiger partial charge in [0, 0.05) is 19.5 Å². The van der Waals surface area contributed by atoms with Gasteiger partial charge in [-0.05, 0) is 56.2 Å². The summed E-state index contributed by atoms with van der Waals surface area (Å²) in [5, 5.41) is 8.81. The molecule has 4 rings (SSSR count). The van der Waals surface area contributed by atoms with Crippen LogP contribution in [0.15, 0.2) is 60.7 Å². The van der Waals surface area contributed by atoms with Crippen LogP contribution in [0.2, 0.25) is 0 Å². The molecule has 4 atom stereocenters. The minimum atomic E-state index is -0.830. The Kier molecular flexibility index (Phi) is 10.1. The fourth-order valence-corrected chi connectivity index (χ4v) is 5.38. The van der Waals surface area contributed by atoms with Gasteiger partial charge in [0.05, 0.1) is 5.92 Å². The fourth-order valence-electron chi connectivity index (χ4n) is 5.38. The standard InChI is InChI=1S/C30H39N5O4/c31-16-8-7-14-24-28(37)32-20-23(18-21-10-3-1-4-11-21)27(36)34-25(19-22-12-5-2-6-13-22)30(39)35-17-9-15-26(35)29(38)33-24/h1-6,10-13,23-26H,7-9,14-20,31H2,(H,32,37)(H,33,38)(H,34,36)/t23-,24-,25-,26+/m0/s1. The fraction of sp³-hybridized carbons (Fsp3) is 0.467. The first-order valence-corrected chi connectivity index (χ1v) is 13.9. The zero-order chi connectivity index (χ0) is 27.6. The van der Waals surface area contributed by atoms with E-state index in [-0.39, 0.29) is 30.2 Å². The maximum Gasteiger partial charge on any atom is 0.246 e. The third kappa shape index (κ3) is 7.66. The molecule has 0 unspecified atom stereocenters. The van der Waals surface area contributed by atoms with Gasteiger partial charge in [-0.3, -0.25) is 19.2 Å². The van der Waals surface area contributed by atoms with E-state index in [9.17, 15) is 19.2 Å². The van der Waals surface area contributed by atoms with E-state index < -0.39 is 24.0 Å². The summed E-state index contributed by atoms with van der Waals surface area (Å²) in [5.74, 6) is -1.84. The monoisotopic (exact) mass is 533 g/mol. The molecule has 0 spiro atoms. The smallest absolute Gasteiger partial charge is 0.246 e. The number of carbonyl (C=O) groups is 4. The first-order valence-electron chi connectivity index (χ1n) is 13.9. The molecular formula is C30H39N5O4. The summed E-state index contributed by atoms with van der Waals surface area (Å²) in [6.07, 6.45) is 3.73. The maximum absolute atomic E-state index is 13.9. The Morgan fingerprint density at radius 2 is 1.41 bits per heavy atom. The molecule has 208 valence electrons. The molecule has 2 aliphatic rings. The highest BCUT2D eigenvalue weighted by Crippen LogP contribution is 2.21. The number of rotatable bonds is 8. The highest BCUT2D eigenvalue weighted by molar-refractivity contribution is 5.95. The molecular weight excluding hydrogens is 494 g/mol. The number of unbranched alkanes of at least 4 members (excludes halogenated alkanes) is 1. The Morgan fingerprint density at radius 3 is 2.08 bits per heavy atom. The summed E-state index contributed by atoms with van der Waals surface area (Å²) in [7, 11) is 0. The Bertz CT molecular complexity index is 1130. The van der Waals surface area contributed by atoms with Gasteiger partial charge in [0.25, 0.3) is 0 Å². The van der Waals surface area contributed by atoms with Gasteiger partial charge in [0.1, 0.15) is 18.1 Å². The summed E-state index contributed by atoms with van der Waals surface area (Å²) >= 11 is 0. The lowest BCUT2D eigenvalue weighted by Crippen LogP contribution is -2.56. The van der Waals surface area contributed by atoms with Crippen LogP contribution in [0, 0.1) is 5.92 Å². The van der Waals surface area contributed by atoms with Crippen LogP contribution in [0.1, 0.15) is 43.2 Å². The summed E-state index contributed by atoms with van der Waals surface area (Å²) in [4.78, 5) is 55.8. The van der Waals surface area contributed by atoms with E-state index in [0.29, 0.717) is 51.6 Å². The summed E-state index contributed by atoms with van der Waals surface area (Å²) in [6, 6.07) is 16.9. The predicted octanol–water partition coefficient (Wildman–Crippen LogP) is 1.31. The second-order valence-electron chi connectivity index (χ2n) is 10.4. The molecule has 0 aliphatic carbocycles. The van der Waals surface area contributed by atoms with Crippen LogP contribution in [0.25, 0.3) is 0 Å². The van der Waals surface area contributed by atoms with E-state index in [0.717, 1.165) is 17.5 Å². The molecule has 2 aliphatic heterocycles. The Labute approximate surface area is 229 Å². The number of hydrogen-bond acceptors (Lipinski definition) is 5. The van der Waals surface area contributed by atoms with Crippen molar-refractivity contribution < 1.29 is 19.2 Å². The zero-order valence-electron chi connectivity index (χ0n) is 22.3. The maximum atomic E-state index is 13.9. The van der Waals surface area contributed by atoms with Gasteiger partial charge >= 0.3 is 0 Å². The minimum absolute atomic E-state index is 0.0855. The lowest BCUT2D eigenvalue weighted by Gasteiger charge is -2.30. The molecule has 2 aromatic carbocycles. The van der Waals surface area contributed by atoms with Gasteiger partial charge in [0.15, 0.2) is 0 Å². The number of nitrogens with zero attached hydrogens (tertiary/aromatic N) is 1. The van der Waals surface area contributed by atoms with Crippen LogP contribution in [-0.4, -0.2) is 66.3 Å². The van der Waals surface area contributed by atoms with Crippen molar-refractivity contribution in [1.29, 1.82) is 0 Å². The third-order valence-corrected chi connectivity index (χ3v) is 7.53. The molecule has 2 saturated heterocycles. The SMILES string of the molecule is NCCCC[C@@H]1NC(=O)[C@H]2CCCN2C(=O)[C@H](Cc2ccccc2)NC(=O)[C@@H](Cc2ccccc2)CNC1=O. The van der Waals surface area contributed by atoms with E-state index in [2.05, 4.69) is 16.0 Å². The second-order valence-corrected chi connectivity index (χ2v) is 10.4. The van der Waals surface area contributed by atoms with Crippen LogP contribution in [0.5, 0.6) is 0 Å². The number of fused-ring (bicyclic) bond motifs is 1. The number of amides is 4. The highest BCUT2D eigenvalue weighted by Gasteiger charge is 2.40. The zero-order valence-corrected chi connectivity index (χ0v) is 22.3. The average molecular weight is 534 g/mol. The third-order valence-electron chi connectivity index (χ3n) is 7.53.